The van der Waals surface area contributed by atoms with E-state index in [1.165, 1.54) is 0 Å². The van der Waals surface area contributed by atoms with Crippen LogP contribution in [0.3, 0.4) is 0 Å². The summed E-state index contributed by atoms with van der Waals surface area (Å²) in [5.74, 6) is -0.00541. The van der Waals surface area contributed by atoms with Crippen molar-refractivity contribution in [3.63, 3.8) is 0 Å². The van der Waals surface area contributed by atoms with Crippen LogP contribution >= 0.6 is 43.5 Å². The van der Waals surface area contributed by atoms with Gasteiger partial charge in [0.1, 0.15) is 11.8 Å². The van der Waals surface area contributed by atoms with Crippen LogP contribution in [-0.2, 0) is 22.6 Å². The molecular weight excluding hydrogens is 584 g/mol. The Hall–Kier alpha value is -2.35. The third-order valence-corrected chi connectivity index (χ3v) is 6.46. The molecule has 34 heavy (non-hydrogen) atoms. The summed E-state index contributed by atoms with van der Waals surface area (Å²) >= 11 is 12.9. The van der Waals surface area contributed by atoms with E-state index in [4.69, 9.17) is 16.3 Å². The molecule has 178 valence electrons. The summed E-state index contributed by atoms with van der Waals surface area (Å²) in [6.07, 6.45) is 0.386. The highest BCUT2D eigenvalue weighted by Crippen LogP contribution is 2.28. The lowest BCUT2D eigenvalue weighted by Gasteiger charge is -2.31. The van der Waals surface area contributed by atoms with Gasteiger partial charge >= 0.3 is 0 Å². The molecule has 2 amide bonds. The number of hydrogen-bond donors (Lipinski definition) is 1. The Labute approximate surface area is 221 Å². The molecule has 3 aromatic rings. The van der Waals surface area contributed by atoms with Crippen molar-refractivity contribution in [3.05, 3.63) is 97.9 Å². The first kappa shape index (κ1) is 26.3. The predicted molar refractivity (Wildman–Crippen MR) is 142 cm³/mol. The van der Waals surface area contributed by atoms with E-state index >= 15 is 0 Å². The third kappa shape index (κ3) is 7.58. The zero-order valence-corrected chi connectivity index (χ0v) is 22.6. The van der Waals surface area contributed by atoms with Crippen molar-refractivity contribution in [3.8, 4) is 5.75 Å². The summed E-state index contributed by atoms with van der Waals surface area (Å²) in [7, 11) is 0. The molecule has 1 N–H and O–H groups in total. The van der Waals surface area contributed by atoms with E-state index in [0.717, 1.165) is 15.6 Å². The average Bonchev–Trinajstić information content (AvgIpc) is 2.81. The Balaban J connectivity index is 1.90. The minimum Gasteiger partial charge on any atom is -0.483 e. The van der Waals surface area contributed by atoms with Crippen LogP contribution in [0.25, 0.3) is 0 Å². The maximum absolute atomic E-state index is 13.5. The van der Waals surface area contributed by atoms with Gasteiger partial charge in [-0.3, -0.25) is 9.59 Å². The Kier molecular flexibility index (Phi) is 9.99. The van der Waals surface area contributed by atoms with Gasteiger partial charge in [0.25, 0.3) is 5.91 Å². The average molecular weight is 609 g/mol. The summed E-state index contributed by atoms with van der Waals surface area (Å²) < 4.78 is 7.35. The van der Waals surface area contributed by atoms with Crippen molar-refractivity contribution in [2.24, 2.45) is 0 Å². The first-order chi connectivity index (χ1) is 16.4. The second-order valence-electron chi connectivity index (χ2n) is 7.62. The van der Waals surface area contributed by atoms with Gasteiger partial charge < -0.3 is 15.0 Å². The van der Waals surface area contributed by atoms with E-state index in [1.807, 2.05) is 61.5 Å². The maximum atomic E-state index is 13.5. The number of nitrogens with zero attached hydrogens (tertiary/aromatic N) is 1. The lowest BCUT2D eigenvalue weighted by Crippen LogP contribution is -2.51. The van der Waals surface area contributed by atoms with E-state index in [2.05, 4.69) is 37.2 Å². The Bertz CT molecular complexity index is 1130. The molecule has 0 heterocycles. The summed E-state index contributed by atoms with van der Waals surface area (Å²) in [6.45, 7) is 2.37. The Morgan fingerprint density at radius 3 is 2.41 bits per heavy atom. The smallest absolute Gasteiger partial charge is 0.261 e. The van der Waals surface area contributed by atoms with Gasteiger partial charge in [0.05, 0.1) is 4.47 Å². The normalized spacial score (nSPS) is 11.5. The summed E-state index contributed by atoms with van der Waals surface area (Å²) in [5.41, 5.74) is 1.87. The second kappa shape index (κ2) is 12.9. The highest BCUT2D eigenvalue weighted by Gasteiger charge is 2.30. The number of carbonyl (C=O) groups excluding carboxylic acids is 2. The molecule has 0 saturated carbocycles. The molecular formula is C26H25Br2ClN2O3. The van der Waals surface area contributed by atoms with Crippen LogP contribution in [0.4, 0.5) is 0 Å². The van der Waals surface area contributed by atoms with Gasteiger partial charge in [-0.05, 0) is 64.3 Å². The molecule has 0 aliphatic carbocycles. The van der Waals surface area contributed by atoms with Gasteiger partial charge in [0.2, 0.25) is 5.91 Å². The minimum atomic E-state index is -0.703. The number of nitrogens with one attached hydrogen (secondary N) is 1. The first-order valence-corrected chi connectivity index (χ1v) is 12.8. The van der Waals surface area contributed by atoms with E-state index in [1.54, 1.807) is 23.1 Å². The molecule has 0 aliphatic rings. The van der Waals surface area contributed by atoms with E-state index < -0.39 is 6.04 Å². The van der Waals surface area contributed by atoms with Crippen LogP contribution in [0.15, 0.2) is 81.7 Å². The summed E-state index contributed by atoms with van der Waals surface area (Å²) in [5, 5.41) is 3.44. The number of benzene rings is 3. The molecule has 0 radical (unpaired) electrons. The molecule has 1 atom stereocenters. The first-order valence-electron chi connectivity index (χ1n) is 10.8. The van der Waals surface area contributed by atoms with Gasteiger partial charge in [-0.15, -0.1) is 0 Å². The van der Waals surface area contributed by atoms with Crippen LogP contribution in [-0.4, -0.2) is 35.9 Å². The fraction of sp³-hybridized carbons (Fsp3) is 0.231. The number of rotatable bonds is 10. The van der Waals surface area contributed by atoms with Crippen LogP contribution in [0, 0.1) is 0 Å². The fourth-order valence-electron chi connectivity index (χ4n) is 3.49. The maximum Gasteiger partial charge on any atom is 0.261 e. The molecule has 0 aliphatic heterocycles. The van der Waals surface area contributed by atoms with Crippen LogP contribution in [0.1, 0.15) is 18.1 Å². The topological polar surface area (TPSA) is 58.6 Å². The van der Waals surface area contributed by atoms with Gasteiger partial charge in [0.15, 0.2) is 6.61 Å². The largest absolute Gasteiger partial charge is 0.483 e. The number of halogens is 3. The van der Waals surface area contributed by atoms with Crippen molar-refractivity contribution < 1.29 is 14.3 Å². The van der Waals surface area contributed by atoms with Crippen LogP contribution < -0.4 is 10.1 Å². The van der Waals surface area contributed by atoms with E-state index in [0.29, 0.717) is 28.2 Å². The number of amides is 2. The molecule has 0 aromatic heterocycles. The minimum absolute atomic E-state index is 0.206. The van der Waals surface area contributed by atoms with Gasteiger partial charge in [-0.2, -0.15) is 0 Å². The zero-order chi connectivity index (χ0) is 24.5. The second-order valence-corrected chi connectivity index (χ2v) is 9.82. The monoisotopic (exact) mass is 606 g/mol. The van der Waals surface area contributed by atoms with E-state index in [-0.39, 0.29) is 25.0 Å². The Morgan fingerprint density at radius 2 is 1.74 bits per heavy atom. The number of hydrogen-bond acceptors (Lipinski definition) is 3. The fourth-order valence-corrected chi connectivity index (χ4v) is 4.74. The van der Waals surface area contributed by atoms with Gasteiger partial charge in [-0.1, -0.05) is 70.0 Å². The van der Waals surface area contributed by atoms with Crippen LogP contribution in [0.5, 0.6) is 5.75 Å². The molecule has 0 spiro atoms. The predicted octanol–water partition coefficient (Wildman–Crippen LogP) is 6.02. The number of carbonyl (C=O) groups is 2. The van der Waals surface area contributed by atoms with Crippen molar-refractivity contribution in [2.45, 2.75) is 25.9 Å². The highest BCUT2D eigenvalue weighted by molar-refractivity contribution is 9.10. The zero-order valence-electron chi connectivity index (χ0n) is 18.6. The number of ether oxygens (including phenoxy) is 1. The molecule has 8 heteroatoms. The van der Waals surface area contributed by atoms with Crippen molar-refractivity contribution in [1.82, 2.24) is 10.2 Å². The molecule has 3 rings (SSSR count). The SMILES string of the molecule is CCNC(=O)[C@H](Cc1ccccc1)N(Cc1cccc(Br)c1)C(=O)COc1ccc(Cl)cc1Br. The third-order valence-electron chi connectivity index (χ3n) is 5.11. The quantitative estimate of drug-likeness (QED) is 0.306. The standard InChI is InChI=1S/C26H25Br2ClN2O3/c1-2-30-26(33)23(14-18-7-4-3-5-8-18)31(16-19-9-6-10-20(27)13-19)25(32)17-34-24-12-11-21(29)15-22(24)28/h3-13,15,23H,2,14,16-17H2,1H3,(H,30,33)/t23-/m0/s1. The van der Waals surface area contributed by atoms with Crippen molar-refractivity contribution in [1.29, 1.82) is 0 Å². The molecule has 0 saturated heterocycles. The molecule has 5 nitrogen and oxygen atoms in total. The number of likely N-dealkylation sites (N-methyl/N-ethyl adjacent to an activating group) is 1. The summed E-state index contributed by atoms with van der Waals surface area (Å²) in [6, 6.07) is 21.8. The summed E-state index contributed by atoms with van der Waals surface area (Å²) in [4.78, 5) is 28.2. The molecule has 0 bridgehead atoms. The highest BCUT2D eigenvalue weighted by atomic mass is 79.9. The van der Waals surface area contributed by atoms with Crippen molar-refractivity contribution >= 4 is 55.3 Å². The van der Waals surface area contributed by atoms with E-state index in [9.17, 15) is 9.59 Å². The van der Waals surface area contributed by atoms with Crippen LogP contribution in [0.2, 0.25) is 5.02 Å². The molecule has 0 fully saturated rings. The molecule has 3 aromatic carbocycles. The van der Waals surface area contributed by atoms with Gasteiger partial charge in [0, 0.05) is 29.0 Å². The Morgan fingerprint density at radius 1 is 1.00 bits per heavy atom. The van der Waals surface area contributed by atoms with Gasteiger partial charge in [-0.25, -0.2) is 0 Å². The lowest BCUT2D eigenvalue weighted by atomic mass is 10.0. The van der Waals surface area contributed by atoms with Crippen molar-refractivity contribution in [2.75, 3.05) is 13.2 Å². The molecule has 0 unspecified atom stereocenters. The lowest BCUT2D eigenvalue weighted by molar-refractivity contribution is -0.142.